The van der Waals surface area contributed by atoms with E-state index < -0.39 is 46.9 Å². The molecular weight excluding hydrogens is 457 g/mol. The van der Waals surface area contributed by atoms with Crippen molar-refractivity contribution in [1.82, 2.24) is 9.29 Å². The number of hydrogen-bond donors (Lipinski definition) is 1. The lowest BCUT2D eigenvalue weighted by molar-refractivity contribution is 0.00578. The van der Waals surface area contributed by atoms with Crippen LogP contribution in [0.25, 0.3) is 10.9 Å². The first-order valence-corrected chi connectivity index (χ1v) is 12.9. The molecule has 1 N–H and O–H groups in total. The maximum Gasteiger partial charge on any atom is 0.494 e. The van der Waals surface area contributed by atoms with Crippen LogP contribution in [0.2, 0.25) is 0 Å². The van der Waals surface area contributed by atoms with Gasteiger partial charge in [-0.25, -0.2) is 8.78 Å². The fraction of sp³-hybridized carbons (Fsp3) is 0.680. The lowest BCUT2D eigenvalue weighted by Gasteiger charge is -2.32. The summed E-state index contributed by atoms with van der Waals surface area (Å²) in [5.74, 6) is 0. The highest BCUT2D eigenvalue weighted by molar-refractivity contribution is 7.90. The van der Waals surface area contributed by atoms with Gasteiger partial charge in [0.25, 0.3) is 6.43 Å². The fourth-order valence-electron chi connectivity index (χ4n) is 3.90. The molecule has 1 unspecified atom stereocenters. The molecule has 1 aliphatic rings. The van der Waals surface area contributed by atoms with E-state index in [9.17, 15) is 13.3 Å². The second-order valence-corrected chi connectivity index (χ2v) is 14.4. The van der Waals surface area contributed by atoms with Crippen molar-refractivity contribution >= 4 is 34.8 Å². The molecule has 2 atom stereocenters. The second kappa shape index (κ2) is 9.07. The summed E-state index contributed by atoms with van der Waals surface area (Å²) in [4.78, 5) is 0. The van der Waals surface area contributed by atoms with Crippen molar-refractivity contribution in [3.63, 3.8) is 0 Å². The summed E-state index contributed by atoms with van der Waals surface area (Å²) >= 11 is -1.64. The van der Waals surface area contributed by atoms with Crippen molar-refractivity contribution in [1.29, 1.82) is 0 Å². The normalized spacial score (nSPS) is 20.4. The highest BCUT2D eigenvalue weighted by Crippen LogP contribution is 2.38. The van der Waals surface area contributed by atoms with E-state index in [-0.39, 0.29) is 5.41 Å². The monoisotopic (exact) mass is 496 g/mol. The van der Waals surface area contributed by atoms with Gasteiger partial charge in [0.15, 0.2) is 0 Å². The Morgan fingerprint density at radius 3 is 2.09 bits per heavy atom. The molecule has 34 heavy (non-hydrogen) atoms. The Balaban J connectivity index is 2.10. The molecule has 1 aliphatic heterocycles. The SMILES string of the molecule is CC(C)(C)Cn1cc([C@H](N[S+]([O-])C(C)(C)C)C(F)F)c2ccc(B3OC(C)(C)C(C)(C)O3)cc21. The summed E-state index contributed by atoms with van der Waals surface area (Å²) in [7, 11) is -0.548. The first kappa shape index (κ1) is 27.5. The fourth-order valence-corrected chi connectivity index (χ4v) is 4.71. The molecule has 0 saturated carbocycles. The van der Waals surface area contributed by atoms with Gasteiger partial charge in [-0.3, -0.25) is 0 Å². The average molecular weight is 496 g/mol. The Morgan fingerprint density at radius 1 is 1.06 bits per heavy atom. The van der Waals surface area contributed by atoms with Crippen molar-refractivity contribution in [3.05, 3.63) is 30.0 Å². The molecule has 1 saturated heterocycles. The van der Waals surface area contributed by atoms with E-state index in [4.69, 9.17) is 9.31 Å². The van der Waals surface area contributed by atoms with E-state index >= 15 is 0 Å². The van der Waals surface area contributed by atoms with Gasteiger partial charge < -0.3 is 18.4 Å². The number of hydrogen-bond acceptors (Lipinski definition) is 4. The molecule has 190 valence electrons. The Morgan fingerprint density at radius 2 is 1.62 bits per heavy atom. The molecule has 0 radical (unpaired) electrons. The van der Waals surface area contributed by atoms with Gasteiger partial charge in [0.2, 0.25) is 0 Å². The number of halogens is 2. The van der Waals surface area contributed by atoms with Crippen LogP contribution < -0.4 is 10.2 Å². The summed E-state index contributed by atoms with van der Waals surface area (Å²) in [5, 5.41) is 0.702. The predicted octanol–water partition coefficient (Wildman–Crippen LogP) is 5.34. The molecule has 0 amide bonds. The quantitative estimate of drug-likeness (QED) is 0.433. The number of rotatable bonds is 6. The van der Waals surface area contributed by atoms with Crippen molar-refractivity contribution in [2.75, 3.05) is 0 Å². The highest BCUT2D eigenvalue weighted by Gasteiger charge is 2.51. The Kier molecular flexibility index (Phi) is 7.33. The van der Waals surface area contributed by atoms with Crippen molar-refractivity contribution < 1.29 is 22.6 Å². The van der Waals surface area contributed by atoms with Gasteiger partial charge >= 0.3 is 7.12 Å². The summed E-state index contributed by atoms with van der Waals surface area (Å²) in [6, 6.07) is 4.34. The maximum atomic E-state index is 14.3. The van der Waals surface area contributed by atoms with E-state index in [0.717, 1.165) is 11.0 Å². The topological polar surface area (TPSA) is 58.5 Å². The number of fused-ring (bicyclic) bond motifs is 1. The standard InChI is InChI=1S/C25H39BF2N2O3S/c1-22(2,3)15-30-14-18(20(21(27)28)29-34(31)23(4,5)6)17-12-11-16(13-19(17)30)26-32-24(7,8)25(9,10)33-26/h11-14,20-21,29H,15H2,1-10H3/t20-,34?/m0/s1. The first-order chi connectivity index (χ1) is 15.3. The van der Waals surface area contributed by atoms with Crippen LogP contribution in [0, 0.1) is 5.41 Å². The molecule has 2 heterocycles. The minimum Gasteiger partial charge on any atom is -0.598 e. The van der Waals surface area contributed by atoms with Crippen LogP contribution in [-0.4, -0.2) is 38.6 Å². The van der Waals surface area contributed by atoms with Gasteiger partial charge in [0.1, 0.15) is 10.8 Å². The molecule has 1 aromatic carbocycles. The first-order valence-electron chi connectivity index (χ1n) is 11.8. The van der Waals surface area contributed by atoms with Crippen LogP contribution in [0.5, 0.6) is 0 Å². The minimum atomic E-state index is -2.72. The Bertz CT molecular complexity index is 1010. The third-order valence-corrected chi connectivity index (χ3v) is 8.06. The molecule has 3 rings (SSSR count). The third kappa shape index (κ3) is 5.64. The second-order valence-electron chi connectivity index (χ2n) is 12.4. The lowest BCUT2D eigenvalue weighted by Crippen LogP contribution is -2.43. The molecular formula is C25H39BF2N2O3S. The van der Waals surface area contributed by atoms with Crippen molar-refractivity contribution in [2.24, 2.45) is 5.41 Å². The van der Waals surface area contributed by atoms with E-state index in [1.807, 2.05) is 50.5 Å². The van der Waals surface area contributed by atoms with Crippen LogP contribution in [0.3, 0.4) is 0 Å². The lowest BCUT2D eigenvalue weighted by atomic mass is 9.78. The third-order valence-electron chi connectivity index (χ3n) is 6.48. The molecule has 5 nitrogen and oxygen atoms in total. The summed E-state index contributed by atoms with van der Waals surface area (Å²) in [6.07, 6.45) is -0.948. The zero-order valence-corrected chi connectivity index (χ0v) is 22.9. The molecule has 0 aliphatic carbocycles. The van der Waals surface area contributed by atoms with Crippen LogP contribution in [0.15, 0.2) is 24.4 Å². The Labute approximate surface area is 206 Å². The molecule has 0 bridgehead atoms. The van der Waals surface area contributed by atoms with Gasteiger partial charge in [-0.2, -0.15) is 0 Å². The van der Waals surface area contributed by atoms with Crippen molar-refractivity contribution in [3.8, 4) is 0 Å². The number of nitrogens with one attached hydrogen (secondary N) is 1. The summed E-state index contributed by atoms with van der Waals surface area (Å²) < 4.78 is 57.7. The number of benzene rings is 1. The van der Waals surface area contributed by atoms with Crippen LogP contribution in [0.1, 0.15) is 80.8 Å². The van der Waals surface area contributed by atoms with Gasteiger partial charge in [-0.05, 0) is 65.4 Å². The minimum absolute atomic E-state index is 0.0778. The van der Waals surface area contributed by atoms with E-state index in [2.05, 4.69) is 25.5 Å². The molecule has 2 aromatic rings. The van der Waals surface area contributed by atoms with Gasteiger partial charge in [0.05, 0.1) is 11.2 Å². The number of aromatic nitrogens is 1. The molecule has 1 aromatic heterocycles. The average Bonchev–Trinajstić information content (AvgIpc) is 3.10. The van der Waals surface area contributed by atoms with Gasteiger partial charge in [-0.1, -0.05) is 32.9 Å². The van der Waals surface area contributed by atoms with E-state index in [1.54, 1.807) is 27.0 Å². The summed E-state index contributed by atoms with van der Waals surface area (Å²) in [5.41, 5.74) is 1.06. The van der Waals surface area contributed by atoms with Crippen LogP contribution in [-0.2, 0) is 27.2 Å². The predicted molar refractivity (Wildman–Crippen MR) is 137 cm³/mol. The van der Waals surface area contributed by atoms with Gasteiger partial charge in [0, 0.05) is 40.6 Å². The number of nitrogens with zero attached hydrogens (tertiary/aromatic N) is 1. The smallest absolute Gasteiger partial charge is 0.494 e. The highest BCUT2D eigenvalue weighted by atomic mass is 32.2. The molecule has 0 spiro atoms. The van der Waals surface area contributed by atoms with E-state index in [0.29, 0.717) is 17.5 Å². The molecule has 1 fully saturated rings. The van der Waals surface area contributed by atoms with E-state index in [1.165, 1.54) is 0 Å². The Hall–Kier alpha value is -1.13. The van der Waals surface area contributed by atoms with Crippen LogP contribution in [0.4, 0.5) is 8.78 Å². The van der Waals surface area contributed by atoms with Crippen molar-refractivity contribution in [2.45, 2.75) is 104 Å². The summed E-state index contributed by atoms with van der Waals surface area (Å²) in [6.45, 7) is 20.2. The van der Waals surface area contributed by atoms with Crippen LogP contribution >= 0.6 is 0 Å². The number of alkyl halides is 2. The molecule has 9 heteroatoms. The zero-order chi connectivity index (χ0) is 25.9. The maximum absolute atomic E-state index is 14.3. The van der Waals surface area contributed by atoms with Gasteiger partial charge in [-0.15, -0.1) is 4.72 Å². The zero-order valence-electron chi connectivity index (χ0n) is 22.1. The largest absolute Gasteiger partial charge is 0.598 e.